The topological polar surface area (TPSA) is 65.6 Å². The molecule has 0 fully saturated rings. The van der Waals surface area contributed by atoms with Gasteiger partial charge in [-0.2, -0.15) is 15.1 Å². The maximum Gasteiger partial charge on any atom is 0.241 e. The average Bonchev–Trinajstić information content (AvgIpc) is 3.33. The first-order valence-corrected chi connectivity index (χ1v) is 27.2. The molecule has 5 aromatic carbocycles. The number of sulfonamides is 1. The summed E-state index contributed by atoms with van der Waals surface area (Å²) >= 11 is 1.79. The van der Waals surface area contributed by atoms with Crippen molar-refractivity contribution in [3.05, 3.63) is 179 Å². The normalized spacial score (nSPS) is 14.7. The standard InChI is InChI=1S/C57H62N3O3S3/c1-7-9-24-45(8-2)39-58-66(61,62)54-28-15-14-27-51(54)55-49-31-29-46(59(33-36-65-34-16-11-17-35-65)56-41(3)20-18-21-42(56)4)37-52(49)63-53-38-47(30-32-50(53)55)60(40-64-48-25-12-10-13-26-48)57-43(5)22-19-23-44(57)6/h10-23,25-32,34-35,37-38,45,58H,7-9,24,33,36,39-40H2,1-6H3/q+1. The van der Waals surface area contributed by atoms with Crippen LogP contribution in [-0.2, 0) is 10.0 Å². The third-order valence-electron chi connectivity index (χ3n) is 12.7. The van der Waals surface area contributed by atoms with Crippen molar-refractivity contribution in [2.45, 2.75) is 77.0 Å². The van der Waals surface area contributed by atoms with Crippen LogP contribution in [0.4, 0.5) is 17.1 Å². The highest BCUT2D eigenvalue weighted by Crippen LogP contribution is 2.44. The van der Waals surface area contributed by atoms with E-state index in [1.807, 2.05) is 24.3 Å². The highest BCUT2D eigenvalue weighted by atomic mass is 32.2. The predicted molar refractivity (Wildman–Crippen MR) is 285 cm³/mol. The summed E-state index contributed by atoms with van der Waals surface area (Å²) in [5.74, 6) is 2.57. The van der Waals surface area contributed by atoms with Crippen LogP contribution in [0.5, 0.6) is 0 Å². The Labute approximate surface area is 399 Å². The maximum atomic E-state index is 14.6. The third-order valence-corrected chi connectivity index (χ3v) is 16.8. The first-order chi connectivity index (χ1) is 32.1. The van der Waals surface area contributed by atoms with Crippen molar-refractivity contribution in [2.24, 2.45) is 5.92 Å². The van der Waals surface area contributed by atoms with Crippen molar-refractivity contribution in [1.29, 1.82) is 0 Å². The quantitative estimate of drug-likeness (QED) is 0.0305. The summed E-state index contributed by atoms with van der Waals surface area (Å²) in [6.07, 6.45) is 10.4. The number of para-hydroxylation sites is 2. The van der Waals surface area contributed by atoms with Crippen molar-refractivity contribution in [3.8, 4) is 22.5 Å². The second kappa shape index (κ2) is 21.5. The molecule has 5 aromatic rings. The van der Waals surface area contributed by atoms with Crippen molar-refractivity contribution in [3.63, 3.8) is 0 Å². The molecule has 6 nitrogen and oxygen atoms in total. The zero-order chi connectivity index (χ0) is 46.2. The van der Waals surface area contributed by atoms with Crippen LogP contribution in [0, 0.1) is 33.6 Å². The lowest BCUT2D eigenvalue weighted by Crippen LogP contribution is -2.29. The van der Waals surface area contributed by atoms with Crippen LogP contribution in [-0.4, -0.2) is 38.5 Å². The number of hydrogen-bond donors (Lipinski definition) is 1. The van der Waals surface area contributed by atoms with E-state index in [2.05, 4.69) is 182 Å². The molecule has 0 bridgehead atoms. The molecule has 8 rings (SSSR count). The Morgan fingerprint density at radius 1 is 0.758 bits per heavy atom. The molecule has 1 aliphatic carbocycles. The van der Waals surface area contributed by atoms with Gasteiger partial charge in [0.2, 0.25) is 21.1 Å². The van der Waals surface area contributed by atoms with Crippen LogP contribution in [0.1, 0.15) is 61.8 Å². The molecule has 0 saturated carbocycles. The second-order valence-electron chi connectivity index (χ2n) is 17.3. The molecule has 0 amide bonds. The number of thioether (sulfide) groups is 1. The van der Waals surface area contributed by atoms with Gasteiger partial charge >= 0.3 is 0 Å². The van der Waals surface area contributed by atoms with E-state index >= 15 is 0 Å². The number of nitrogens with zero attached hydrogens (tertiary/aromatic N) is 2. The van der Waals surface area contributed by atoms with Crippen LogP contribution in [0.25, 0.3) is 33.4 Å². The Balaban J connectivity index is 1.36. The third kappa shape index (κ3) is 10.6. The number of fused-ring (bicyclic) bond motifs is 2. The molecule has 2 atom stereocenters. The first kappa shape index (κ1) is 47.1. The number of hydrogen-bond acceptors (Lipinski definition) is 5. The fraction of sp³-hybridized carbons (Fsp3) is 0.263. The molecule has 3 aliphatic rings. The summed E-state index contributed by atoms with van der Waals surface area (Å²) in [6.45, 7) is 14.2. The Kier molecular flexibility index (Phi) is 15.3. The fourth-order valence-corrected chi connectivity index (χ4v) is 12.7. The van der Waals surface area contributed by atoms with Gasteiger partial charge in [-0.15, -0.1) is 0 Å². The van der Waals surface area contributed by atoms with Crippen LogP contribution in [0.2, 0.25) is 0 Å². The van der Waals surface area contributed by atoms with Gasteiger partial charge in [0.25, 0.3) is 0 Å². The van der Waals surface area contributed by atoms with Gasteiger partial charge in [-0.05, 0) is 98.3 Å². The molecule has 0 saturated heterocycles. The molecule has 9 heteroatoms. The number of rotatable bonds is 18. The van der Waals surface area contributed by atoms with Crippen molar-refractivity contribution in [2.75, 3.05) is 29.6 Å². The first-order valence-electron chi connectivity index (χ1n) is 23.2. The monoisotopic (exact) mass is 932 g/mol. The zero-order valence-electron chi connectivity index (χ0n) is 39.1. The minimum absolute atomic E-state index is 0.0131. The van der Waals surface area contributed by atoms with Gasteiger partial charge in [-0.1, -0.05) is 136 Å². The van der Waals surface area contributed by atoms with Crippen molar-refractivity contribution < 1.29 is 12.8 Å². The average molecular weight is 933 g/mol. The fourth-order valence-electron chi connectivity index (χ4n) is 9.14. The number of allylic oxidation sites excluding steroid dienone is 3. The number of unbranched alkanes of at least 4 members (excludes halogenated alkanes) is 1. The molecule has 1 N–H and O–H groups in total. The molecule has 2 heterocycles. The second-order valence-corrected chi connectivity index (χ2v) is 21.9. The van der Waals surface area contributed by atoms with E-state index in [-0.39, 0.29) is 21.3 Å². The lowest BCUT2D eigenvalue weighted by Gasteiger charge is -2.29. The maximum absolute atomic E-state index is 14.6. The minimum Gasteiger partial charge on any atom is -0.456 e. The summed E-state index contributed by atoms with van der Waals surface area (Å²) in [4.78, 5) is 3.88. The number of benzene rings is 6. The minimum atomic E-state index is -3.91. The highest BCUT2D eigenvalue weighted by molar-refractivity contribution is 8.17. The smallest absolute Gasteiger partial charge is 0.241 e. The highest BCUT2D eigenvalue weighted by Gasteiger charge is 2.27. The van der Waals surface area contributed by atoms with E-state index in [0.717, 1.165) is 71.2 Å². The van der Waals surface area contributed by atoms with Crippen molar-refractivity contribution in [1.82, 2.24) is 9.30 Å². The van der Waals surface area contributed by atoms with E-state index in [1.165, 1.54) is 32.8 Å². The molecule has 340 valence electrons. The molecular formula is C57H62N3O3S3+. The van der Waals surface area contributed by atoms with Gasteiger partial charge in [-0.3, -0.25) is 0 Å². The molecule has 66 heavy (non-hydrogen) atoms. The Morgan fingerprint density at radius 3 is 2.20 bits per heavy atom. The van der Waals surface area contributed by atoms with Gasteiger partial charge in [0.15, 0.2) is 5.88 Å². The number of nitrogens with one attached hydrogen (secondary N) is 1. The SMILES string of the molecule is CCCCC(CC)CNS(=O)(=O)c1ccccc1-c1c2cc/c(=[N+](/CSc3ccccc3)c3c(C)cccc3C)cc-2oc2cc(N(CCS3=CC=CC=C3)c3c(C)cccc3C)ccc12. The van der Waals surface area contributed by atoms with Gasteiger partial charge in [0.1, 0.15) is 11.3 Å². The van der Waals surface area contributed by atoms with Gasteiger partial charge < -0.3 is 9.32 Å². The van der Waals surface area contributed by atoms with Crippen molar-refractivity contribution >= 4 is 65.7 Å². The van der Waals surface area contributed by atoms with Crippen LogP contribution < -0.4 is 19.6 Å². The van der Waals surface area contributed by atoms with Gasteiger partial charge in [-0.25, -0.2) is 13.1 Å². The van der Waals surface area contributed by atoms with E-state index in [4.69, 9.17) is 4.42 Å². The summed E-state index contributed by atoms with van der Waals surface area (Å²) in [5.41, 5.74) is 11.1. The lowest BCUT2D eigenvalue weighted by atomic mass is 9.93. The molecule has 0 spiro atoms. The summed E-state index contributed by atoms with van der Waals surface area (Å²) in [7, 11) is -3.89. The molecule has 0 aromatic heterocycles. The molecule has 0 radical (unpaired) electrons. The zero-order valence-corrected chi connectivity index (χ0v) is 41.5. The van der Waals surface area contributed by atoms with Crippen LogP contribution in [0.15, 0.2) is 165 Å². The number of anilines is 2. The van der Waals surface area contributed by atoms with E-state index in [9.17, 15) is 8.42 Å². The molecule has 2 aliphatic heterocycles. The van der Waals surface area contributed by atoms with Crippen LogP contribution >= 0.6 is 22.2 Å². The van der Waals surface area contributed by atoms with Gasteiger partial charge in [0.05, 0.1) is 11.0 Å². The summed E-state index contributed by atoms with van der Waals surface area (Å²) < 4.78 is 41.7. The van der Waals surface area contributed by atoms with E-state index < -0.39 is 10.0 Å². The number of aryl methyl sites for hydroxylation is 4. The Bertz CT molecular complexity index is 3060. The Morgan fingerprint density at radius 2 is 1.48 bits per heavy atom. The Hall–Kier alpha value is -5.45. The summed E-state index contributed by atoms with van der Waals surface area (Å²) in [5, 5.41) is 6.42. The lowest BCUT2D eigenvalue weighted by molar-refractivity contribution is 0.444. The predicted octanol–water partition coefficient (Wildman–Crippen LogP) is 14.1. The largest absolute Gasteiger partial charge is 0.456 e. The van der Waals surface area contributed by atoms with Gasteiger partial charge in [0, 0.05) is 80.4 Å². The summed E-state index contributed by atoms with van der Waals surface area (Å²) in [6, 6.07) is 43.8. The van der Waals surface area contributed by atoms with Crippen LogP contribution in [0.3, 0.4) is 0 Å². The molecular weight excluding hydrogens is 871 g/mol. The van der Waals surface area contributed by atoms with E-state index in [1.54, 1.807) is 17.8 Å². The molecule has 2 unspecified atom stereocenters. The van der Waals surface area contributed by atoms with E-state index in [0.29, 0.717) is 29.3 Å².